The Hall–Kier alpha value is -3.02. The van der Waals surface area contributed by atoms with E-state index in [2.05, 4.69) is 10.1 Å². The van der Waals surface area contributed by atoms with Gasteiger partial charge in [0.25, 0.3) is 5.69 Å². The number of nitro groups is 1. The number of fused-ring (bicyclic) bond motifs is 1. The summed E-state index contributed by atoms with van der Waals surface area (Å²) in [6.07, 6.45) is 1.66. The van der Waals surface area contributed by atoms with E-state index in [1.54, 1.807) is 23.0 Å². The van der Waals surface area contributed by atoms with Gasteiger partial charge in [-0.25, -0.2) is 9.66 Å². The molecule has 6 heteroatoms. The number of hydrogen-bond donors (Lipinski definition) is 0. The van der Waals surface area contributed by atoms with Gasteiger partial charge < -0.3 is 0 Å². The third-order valence-corrected chi connectivity index (χ3v) is 3.12. The molecule has 0 N–H and O–H groups in total. The molecule has 0 amide bonds. The maximum absolute atomic E-state index is 10.6. The summed E-state index contributed by atoms with van der Waals surface area (Å²) in [5, 5.41) is 15.0. The Labute approximate surface area is 120 Å². The molecule has 104 valence electrons. The lowest BCUT2D eigenvalue weighted by Crippen LogP contribution is -1.94. The number of nitrogens with zero attached hydrogens (tertiary/aromatic N) is 4. The summed E-state index contributed by atoms with van der Waals surface area (Å²) in [5.74, 6) is 0.786. The predicted octanol–water partition coefficient (Wildman–Crippen LogP) is 3.14. The van der Waals surface area contributed by atoms with Crippen LogP contribution in [-0.2, 0) is 0 Å². The zero-order chi connectivity index (χ0) is 14.8. The van der Waals surface area contributed by atoms with E-state index in [0.29, 0.717) is 0 Å². The molecule has 1 aromatic heterocycles. The van der Waals surface area contributed by atoms with Crippen LogP contribution in [0.2, 0.25) is 0 Å². The number of para-hydroxylation sites is 2. The van der Waals surface area contributed by atoms with E-state index in [-0.39, 0.29) is 5.69 Å². The molecule has 0 saturated heterocycles. The van der Waals surface area contributed by atoms with Gasteiger partial charge in [-0.05, 0) is 36.8 Å². The van der Waals surface area contributed by atoms with E-state index in [1.165, 1.54) is 12.1 Å². The molecule has 21 heavy (non-hydrogen) atoms. The van der Waals surface area contributed by atoms with Gasteiger partial charge in [0.2, 0.25) is 0 Å². The van der Waals surface area contributed by atoms with Gasteiger partial charge >= 0.3 is 0 Å². The van der Waals surface area contributed by atoms with Crippen LogP contribution in [0.25, 0.3) is 11.0 Å². The van der Waals surface area contributed by atoms with E-state index in [4.69, 9.17) is 0 Å². The second kappa shape index (κ2) is 5.16. The minimum atomic E-state index is -0.422. The van der Waals surface area contributed by atoms with Gasteiger partial charge in [0.05, 0.1) is 22.2 Å². The second-order valence-electron chi connectivity index (χ2n) is 4.55. The lowest BCUT2D eigenvalue weighted by molar-refractivity contribution is -0.384. The number of benzene rings is 2. The van der Waals surface area contributed by atoms with Crippen LogP contribution in [0.15, 0.2) is 53.6 Å². The van der Waals surface area contributed by atoms with E-state index >= 15 is 0 Å². The Balaban J connectivity index is 1.94. The summed E-state index contributed by atoms with van der Waals surface area (Å²) >= 11 is 0. The average molecular weight is 280 g/mol. The topological polar surface area (TPSA) is 73.3 Å². The first-order valence-corrected chi connectivity index (χ1v) is 6.38. The van der Waals surface area contributed by atoms with Gasteiger partial charge in [0, 0.05) is 12.1 Å². The van der Waals surface area contributed by atoms with Gasteiger partial charge in [0.15, 0.2) is 0 Å². The van der Waals surface area contributed by atoms with Crippen molar-refractivity contribution in [1.82, 2.24) is 9.66 Å². The Kier molecular flexibility index (Phi) is 3.19. The summed E-state index contributed by atoms with van der Waals surface area (Å²) in [6.45, 7) is 1.88. The van der Waals surface area contributed by atoms with Gasteiger partial charge in [-0.2, -0.15) is 5.10 Å². The number of aromatic nitrogens is 2. The van der Waals surface area contributed by atoms with Crippen molar-refractivity contribution in [3.63, 3.8) is 0 Å². The molecule has 0 bridgehead atoms. The first-order chi connectivity index (χ1) is 10.1. The molecule has 6 nitrogen and oxygen atoms in total. The Bertz CT molecular complexity index is 835. The molecular formula is C15H12N4O2. The monoisotopic (exact) mass is 280 g/mol. The molecule has 0 unspecified atom stereocenters. The molecule has 0 aliphatic rings. The number of nitro benzene ring substituents is 1. The quantitative estimate of drug-likeness (QED) is 0.420. The molecule has 0 aliphatic heterocycles. The predicted molar refractivity (Wildman–Crippen MR) is 80.6 cm³/mol. The van der Waals surface area contributed by atoms with Gasteiger partial charge in [-0.1, -0.05) is 12.1 Å². The molecule has 0 atom stereocenters. The van der Waals surface area contributed by atoms with Crippen LogP contribution in [-0.4, -0.2) is 20.8 Å². The zero-order valence-electron chi connectivity index (χ0n) is 11.3. The molecule has 0 radical (unpaired) electrons. The van der Waals surface area contributed by atoms with E-state index in [1.807, 2.05) is 31.2 Å². The SMILES string of the molecule is Cc1nc2ccccc2n1/N=C\c1ccc([N+](=O)[O-])cc1. The minimum Gasteiger partial charge on any atom is -0.258 e. The molecule has 2 aromatic carbocycles. The maximum atomic E-state index is 10.6. The van der Waals surface area contributed by atoms with Crippen LogP contribution in [0.1, 0.15) is 11.4 Å². The summed E-state index contributed by atoms with van der Waals surface area (Å²) < 4.78 is 1.75. The highest BCUT2D eigenvalue weighted by Gasteiger charge is 2.05. The highest BCUT2D eigenvalue weighted by molar-refractivity contribution is 5.81. The van der Waals surface area contributed by atoms with Gasteiger partial charge in [-0.3, -0.25) is 10.1 Å². The highest BCUT2D eigenvalue weighted by Crippen LogP contribution is 2.15. The van der Waals surface area contributed by atoms with E-state index in [0.717, 1.165) is 22.4 Å². The van der Waals surface area contributed by atoms with Gasteiger partial charge in [-0.15, -0.1) is 0 Å². The highest BCUT2D eigenvalue weighted by atomic mass is 16.6. The minimum absolute atomic E-state index is 0.0661. The smallest absolute Gasteiger partial charge is 0.258 e. The van der Waals surface area contributed by atoms with Crippen molar-refractivity contribution in [2.24, 2.45) is 5.10 Å². The Morgan fingerprint density at radius 2 is 1.90 bits per heavy atom. The normalized spacial score (nSPS) is 11.3. The van der Waals surface area contributed by atoms with E-state index in [9.17, 15) is 10.1 Å². The fraction of sp³-hybridized carbons (Fsp3) is 0.0667. The first kappa shape index (κ1) is 13.0. The van der Waals surface area contributed by atoms with Crippen LogP contribution in [0.4, 0.5) is 5.69 Å². The summed E-state index contributed by atoms with van der Waals surface area (Å²) in [4.78, 5) is 14.6. The zero-order valence-corrected chi connectivity index (χ0v) is 11.3. The standard InChI is InChI=1S/C15H12N4O2/c1-11-17-14-4-2-3-5-15(14)18(11)16-10-12-6-8-13(9-7-12)19(20)21/h2-10H,1H3/b16-10-. The number of aryl methyl sites for hydroxylation is 1. The molecular weight excluding hydrogens is 268 g/mol. The Morgan fingerprint density at radius 1 is 1.19 bits per heavy atom. The molecule has 3 aromatic rings. The third kappa shape index (κ3) is 2.51. The van der Waals surface area contributed by atoms with Crippen molar-refractivity contribution < 1.29 is 4.92 Å². The van der Waals surface area contributed by atoms with E-state index < -0.39 is 4.92 Å². The summed E-state index contributed by atoms with van der Waals surface area (Å²) in [6, 6.07) is 14.0. The number of hydrogen-bond acceptors (Lipinski definition) is 4. The lowest BCUT2D eigenvalue weighted by atomic mass is 10.2. The largest absolute Gasteiger partial charge is 0.269 e. The summed E-state index contributed by atoms with van der Waals surface area (Å²) in [5.41, 5.74) is 2.67. The molecule has 0 saturated carbocycles. The Morgan fingerprint density at radius 3 is 2.62 bits per heavy atom. The van der Waals surface area contributed by atoms with Crippen LogP contribution in [0.5, 0.6) is 0 Å². The molecule has 1 heterocycles. The van der Waals surface area contributed by atoms with Crippen molar-refractivity contribution >= 4 is 22.9 Å². The fourth-order valence-electron chi connectivity index (χ4n) is 2.09. The average Bonchev–Trinajstić information content (AvgIpc) is 2.81. The van der Waals surface area contributed by atoms with Crippen LogP contribution < -0.4 is 0 Å². The fourth-order valence-corrected chi connectivity index (χ4v) is 2.09. The second-order valence-corrected chi connectivity index (χ2v) is 4.55. The number of non-ortho nitro benzene ring substituents is 1. The molecule has 3 rings (SSSR count). The maximum Gasteiger partial charge on any atom is 0.269 e. The molecule has 0 aliphatic carbocycles. The van der Waals surface area contributed by atoms with Crippen molar-refractivity contribution in [1.29, 1.82) is 0 Å². The first-order valence-electron chi connectivity index (χ1n) is 6.38. The van der Waals surface area contributed by atoms with Crippen molar-refractivity contribution in [2.45, 2.75) is 6.92 Å². The number of imidazole rings is 1. The van der Waals surface area contributed by atoms with Crippen LogP contribution in [0, 0.1) is 17.0 Å². The third-order valence-electron chi connectivity index (χ3n) is 3.12. The van der Waals surface area contributed by atoms with Crippen LogP contribution in [0.3, 0.4) is 0 Å². The van der Waals surface area contributed by atoms with Gasteiger partial charge in [0.1, 0.15) is 5.82 Å². The van der Waals surface area contributed by atoms with Crippen molar-refractivity contribution in [3.05, 3.63) is 70.0 Å². The molecule has 0 spiro atoms. The number of rotatable bonds is 3. The van der Waals surface area contributed by atoms with Crippen molar-refractivity contribution in [3.8, 4) is 0 Å². The molecule has 0 fully saturated rings. The summed E-state index contributed by atoms with van der Waals surface area (Å²) in [7, 11) is 0. The van der Waals surface area contributed by atoms with Crippen LogP contribution >= 0.6 is 0 Å². The lowest BCUT2D eigenvalue weighted by Gasteiger charge is -1.98. The van der Waals surface area contributed by atoms with Crippen molar-refractivity contribution in [2.75, 3.05) is 0 Å².